The van der Waals surface area contributed by atoms with Gasteiger partial charge in [0.15, 0.2) is 5.78 Å². The summed E-state index contributed by atoms with van der Waals surface area (Å²) >= 11 is 1.61. The number of hydrogen-bond acceptors (Lipinski definition) is 4. The van der Waals surface area contributed by atoms with Crippen molar-refractivity contribution in [1.29, 1.82) is 0 Å². The SMILES string of the molecule is CCN1/C(=C/C(C)=O)Sc2cc(OC)ccc21. The van der Waals surface area contributed by atoms with Crippen molar-refractivity contribution in [3.05, 3.63) is 29.3 Å². The van der Waals surface area contributed by atoms with E-state index in [1.54, 1.807) is 31.9 Å². The Morgan fingerprint density at radius 2 is 2.29 bits per heavy atom. The highest BCUT2D eigenvalue weighted by Gasteiger charge is 2.24. The van der Waals surface area contributed by atoms with Crippen LogP contribution in [-0.4, -0.2) is 19.4 Å². The molecule has 0 radical (unpaired) electrons. The maximum Gasteiger partial charge on any atom is 0.155 e. The zero-order chi connectivity index (χ0) is 12.4. The number of benzene rings is 1. The second-order valence-electron chi connectivity index (χ2n) is 3.77. The highest BCUT2D eigenvalue weighted by atomic mass is 32.2. The number of rotatable bonds is 3. The van der Waals surface area contributed by atoms with Gasteiger partial charge in [0, 0.05) is 17.5 Å². The van der Waals surface area contributed by atoms with Crippen molar-refractivity contribution in [3.8, 4) is 5.75 Å². The highest BCUT2D eigenvalue weighted by molar-refractivity contribution is 8.03. The summed E-state index contributed by atoms with van der Waals surface area (Å²) in [7, 11) is 1.66. The molecule has 0 amide bonds. The number of ether oxygens (including phenoxy) is 1. The maximum atomic E-state index is 11.2. The molecule has 3 nitrogen and oxygen atoms in total. The average Bonchev–Trinajstić information content (AvgIpc) is 2.63. The van der Waals surface area contributed by atoms with Gasteiger partial charge in [0.25, 0.3) is 0 Å². The van der Waals surface area contributed by atoms with Gasteiger partial charge in [-0.1, -0.05) is 11.8 Å². The zero-order valence-corrected chi connectivity index (χ0v) is 11.0. The third-order valence-corrected chi connectivity index (χ3v) is 3.68. The van der Waals surface area contributed by atoms with Crippen molar-refractivity contribution < 1.29 is 9.53 Å². The lowest BCUT2D eigenvalue weighted by Crippen LogP contribution is -2.17. The summed E-state index contributed by atoms with van der Waals surface area (Å²) in [5.41, 5.74) is 1.14. The van der Waals surface area contributed by atoms with E-state index >= 15 is 0 Å². The average molecular weight is 249 g/mol. The Labute approximate surface area is 105 Å². The van der Waals surface area contributed by atoms with E-state index in [4.69, 9.17) is 4.74 Å². The lowest BCUT2D eigenvalue weighted by atomic mass is 10.2. The van der Waals surface area contributed by atoms with Gasteiger partial charge in [-0.05, 0) is 32.0 Å². The minimum Gasteiger partial charge on any atom is -0.497 e. The van der Waals surface area contributed by atoms with Crippen LogP contribution in [0.15, 0.2) is 34.2 Å². The Hall–Kier alpha value is -1.42. The quantitative estimate of drug-likeness (QED) is 0.770. The number of ketones is 1. The van der Waals surface area contributed by atoms with E-state index in [0.29, 0.717) is 0 Å². The Morgan fingerprint density at radius 1 is 1.53 bits per heavy atom. The Kier molecular flexibility index (Phi) is 3.43. The van der Waals surface area contributed by atoms with Crippen LogP contribution in [0, 0.1) is 0 Å². The molecule has 0 bridgehead atoms. The molecule has 0 saturated carbocycles. The number of fused-ring (bicyclic) bond motifs is 1. The molecule has 90 valence electrons. The van der Waals surface area contributed by atoms with Gasteiger partial charge in [0.1, 0.15) is 5.75 Å². The largest absolute Gasteiger partial charge is 0.497 e. The first-order valence-corrected chi connectivity index (χ1v) is 6.33. The molecule has 0 saturated heterocycles. The third-order valence-electron chi connectivity index (χ3n) is 2.58. The lowest BCUT2D eigenvalue weighted by Gasteiger charge is -2.17. The minimum absolute atomic E-state index is 0.0747. The van der Waals surface area contributed by atoms with Crippen molar-refractivity contribution in [2.75, 3.05) is 18.6 Å². The van der Waals surface area contributed by atoms with Gasteiger partial charge >= 0.3 is 0 Å². The second-order valence-corrected chi connectivity index (χ2v) is 4.84. The molecule has 17 heavy (non-hydrogen) atoms. The van der Waals surface area contributed by atoms with Crippen LogP contribution in [0.1, 0.15) is 13.8 Å². The summed E-state index contributed by atoms with van der Waals surface area (Å²) in [6, 6.07) is 5.98. The first-order valence-electron chi connectivity index (χ1n) is 5.51. The molecule has 0 aromatic heterocycles. The molecule has 0 aliphatic carbocycles. The Balaban J connectivity index is 2.41. The number of anilines is 1. The Bertz CT molecular complexity index is 482. The molecular weight excluding hydrogens is 234 g/mol. The van der Waals surface area contributed by atoms with Gasteiger partial charge in [0.2, 0.25) is 0 Å². The van der Waals surface area contributed by atoms with Crippen molar-refractivity contribution in [2.45, 2.75) is 18.7 Å². The van der Waals surface area contributed by atoms with Gasteiger partial charge in [-0.2, -0.15) is 0 Å². The summed E-state index contributed by atoms with van der Waals surface area (Å²) in [6.07, 6.45) is 1.68. The molecule has 1 aliphatic heterocycles. The van der Waals surface area contributed by atoms with Crippen LogP contribution in [0.25, 0.3) is 0 Å². The van der Waals surface area contributed by atoms with Crippen LogP contribution < -0.4 is 9.64 Å². The van der Waals surface area contributed by atoms with Gasteiger partial charge in [-0.25, -0.2) is 0 Å². The first kappa shape index (κ1) is 12.0. The first-order chi connectivity index (χ1) is 8.15. The molecule has 4 heteroatoms. The van der Waals surface area contributed by atoms with Crippen LogP contribution >= 0.6 is 11.8 Å². The van der Waals surface area contributed by atoms with Crippen molar-refractivity contribution in [3.63, 3.8) is 0 Å². The fourth-order valence-electron chi connectivity index (χ4n) is 1.82. The predicted molar refractivity (Wildman–Crippen MR) is 70.6 cm³/mol. The van der Waals surface area contributed by atoms with Gasteiger partial charge in [-0.3, -0.25) is 4.79 Å². The molecule has 1 heterocycles. The van der Waals surface area contributed by atoms with E-state index in [2.05, 4.69) is 11.8 Å². The van der Waals surface area contributed by atoms with E-state index in [1.807, 2.05) is 18.2 Å². The molecule has 1 aromatic carbocycles. The van der Waals surface area contributed by atoms with Crippen LogP contribution in [0.5, 0.6) is 5.75 Å². The van der Waals surface area contributed by atoms with Crippen LogP contribution in [-0.2, 0) is 4.79 Å². The number of hydrogen-bond donors (Lipinski definition) is 0. The molecule has 0 N–H and O–H groups in total. The molecule has 0 atom stereocenters. The van der Waals surface area contributed by atoms with Crippen LogP contribution in [0.4, 0.5) is 5.69 Å². The van der Waals surface area contributed by atoms with E-state index in [9.17, 15) is 4.79 Å². The van der Waals surface area contributed by atoms with Gasteiger partial charge in [0.05, 0.1) is 17.8 Å². The summed E-state index contributed by atoms with van der Waals surface area (Å²) in [5, 5.41) is 0.989. The molecular formula is C13H15NO2S. The molecule has 0 unspecified atom stereocenters. The smallest absolute Gasteiger partial charge is 0.155 e. The molecule has 1 aliphatic rings. The third kappa shape index (κ3) is 2.31. The summed E-state index contributed by atoms with van der Waals surface area (Å²) < 4.78 is 5.21. The molecule has 2 rings (SSSR count). The van der Waals surface area contributed by atoms with E-state index in [1.165, 1.54) is 0 Å². The number of allylic oxidation sites excluding steroid dienone is 1. The number of nitrogens with zero attached hydrogens (tertiary/aromatic N) is 1. The summed E-state index contributed by atoms with van der Waals surface area (Å²) in [5.74, 6) is 0.919. The van der Waals surface area contributed by atoms with E-state index < -0.39 is 0 Å². The van der Waals surface area contributed by atoms with Gasteiger partial charge in [-0.15, -0.1) is 0 Å². The topological polar surface area (TPSA) is 29.5 Å². The summed E-state index contributed by atoms with van der Waals surface area (Å²) in [4.78, 5) is 14.5. The fourth-order valence-corrected chi connectivity index (χ4v) is 3.07. The number of thioether (sulfide) groups is 1. The summed E-state index contributed by atoms with van der Waals surface area (Å²) in [6.45, 7) is 4.50. The minimum atomic E-state index is 0.0747. The van der Waals surface area contributed by atoms with Crippen molar-refractivity contribution in [1.82, 2.24) is 0 Å². The number of carbonyl (C=O) groups excluding carboxylic acids is 1. The van der Waals surface area contributed by atoms with Crippen molar-refractivity contribution >= 4 is 23.2 Å². The highest BCUT2D eigenvalue weighted by Crippen LogP contribution is 2.47. The normalized spacial score (nSPS) is 16.2. The molecule has 0 spiro atoms. The van der Waals surface area contributed by atoms with Gasteiger partial charge < -0.3 is 9.64 Å². The predicted octanol–water partition coefficient (Wildman–Crippen LogP) is 3.06. The zero-order valence-electron chi connectivity index (χ0n) is 10.2. The number of carbonyl (C=O) groups is 1. The lowest BCUT2D eigenvalue weighted by molar-refractivity contribution is -0.112. The fraction of sp³-hybridized carbons (Fsp3) is 0.308. The van der Waals surface area contributed by atoms with Crippen LogP contribution in [0.3, 0.4) is 0 Å². The Morgan fingerprint density at radius 3 is 2.88 bits per heavy atom. The monoisotopic (exact) mass is 249 g/mol. The molecule has 0 fully saturated rings. The van der Waals surface area contributed by atoms with E-state index in [0.717, 1.165) is 27.9 Å². The molecule has 1 aromatic rings. The number of methoxy groups -OCH3 is 1. The van der Waals surface area contributed by atoms with Crippen molar-refractivity contribution in [2.24, 2.45) is 0 Å². The second kappa shape index (κ2) is 4.84. The maximum absolute atomic E-state index is 11.2. The van der Waals surface area contributed by atoms with Crippen LogP contribution in [0.2, 0.25) is 0 Å². The standard InChI is InChI=1S/C13H15NO2S/c1-4-14-11-6-5-10(16-3)8-12(11)17-13(14)7-9(2)15/h5-8H,4H2,1-3H3/b13-7-. The van der Waals surface area contributed by atoms with E-state index in [-0.39, 0.29) is 5.78 Å².